The van der Waals surface area contributed by atoms with E-state index in [2.05, 4.69) is 5.32 Å². The molecule has 0 heterocycles. The van der Waals surface area contributed by atoms with E-state index in [9.17, 15) is 9.59 Å². The van der Waals surface area contributed by atoms with Crippen LogP contribution >= 0.6 is 0 Å². The van der Waals surface area contributed by atoms with Gasteiger partial charge in [-0.3, -0.25) is 9.59 Å². The molecular weight excluding hydrogens is 270 g/mol. The number of ether oxygens (including phenoxy) is 1. The lowest BCUT2D eigenvalue weighted by atomic mass is 10.2. The van der Waals surface area contributed by atoms with Crippen molar-refractivity contribution in [1.82, 2.24) is 0 Å². The van der Waals surface area contributed by atoms with E-state index in [4.69, 9.17) is 16.2 Å². The smallest absolute Gasteiger partial charge is 0.224 e. The molecule has 0 unspecified atom stereocenters. The molecule has 0 aliphatic rings. The zero-order valence-electron chi connectivity index (χ0n) is 12.1. The van der Waals surface area contributed by atoms with Crippen LogP contribution in [0.3, 0.4) is 0 Å². The maximum absolute atomic E-state index is 11.8. The third kappa shape index (κ3) is 7.31. The van der Waals surface area contributed by atoms with Crippen LogP contribution in [-0.4, -0.2) is 25.0 Å². The molecule has 1 rings (SSSR count). The van der Waals surface area contributed by atoms with Crippen molar-refractivity contribution < 1.29 is 14.3 Å². The average Bonchev–Trinajstić information content (AvgIpc) is 2.45. The van der Waals surface area contributed by atoms with Crippen molar-refractivity contribution in [2.75, 3.05) is 18.5 Å². The first-order valence-electron chi connectivity index (χ1n) is 7.13. The van der Waals surface area contributed by atoms with Crippen molar-refractivity contribution in [2.24, 2.45) is 11.5 Å². The van der Waals surface area contributed by atoms with Crippen molar-refractivity contribution in [3.8, 4) is 5.75 Å². The molecule has 0 atom stereocenters. The minimum absolute atomic E-state index is 0.0574. The summed E-state index contributed by atoms with van der Waals surface area (Å²) in [6, 6.07) is 7.11. The molecule has 1 aromatic rings. The maximum Gasteiger partial charge on any atom is 0.224 e. The zero-order chi connectivity index (χ0) is 15.5. The normalized spacial score (nSPS) is 10.1. The van der Waals surface area contributed by atoms with E-state index in [0.717, 1.165) is 19.3 Å². The van der Waals surface area contributed by atoms with Crippen LogP contribution in [0.4, 0.5) is 5.69 Å². The third-order valence-electron chi connectivity index (χ3n) is 2.88. The van der Waals surface area contributed by atoms with Crippen LogP contribution in [0.1, 0.15) is 32.1 Å². The van der Waals surface area contributed by atoms with Crippen molar-refractivity contribution >= 4 is 17.5 Å². The Morgan fingerprint density at radius 3 is 2.57 bits per heavy atom. The molecule has 6 nitrogen and oxygen atoms in total. The van der Waals surface area contributed by atoms with Crippen LogP contribution in [0.15, 0.2) is 24.3 Å². The third-order valence-corrected chi connectivity index (χ3v) is 2.88. The summed E-state index contributed by atoms with van der Waals surface area (Å²) in [4.78, 5) is 22.5. The van der Waals surface area contributed by atoms with E-state index in [-0.39, 0.29) is 18.9 Å². The second kappa shape index (κ2) is 9.77. The molecule has 116 valence electrons. The number of rotatable bonds is 10. The number of hydrogen-bond acceptors (Lipinski definition) is 4. The van der Waals surface area contributed by atoms with E-state index in [1.807, 2.05) is 6.07 Å². The minimum atomic E-state index is -0.420. The number of anilines is 1. The molecule has 6 heteroatoms. The summed E-state index contributed by atoms with van der Waals surface area (Å²) in [7, 11) is 0. The fourth-order valence-electron chi connectivity index (χ4n) is 1.78. The highest BCUT2D eigenvalue weighted by atomic mass is 16.5. The Hall–Kier alpha value is -2.08. The van der Waals surface area contributed by atoms with E-state index in [0.29, 0.717) is 24.4 Å². The standard InChI is InChI=1S/C15H23N3O3/c16-10-5-1-2-8-15(20)18-12-6-3-4-7-13(12)21-11-9-14(17)19/h3-4,6-7H,1-2,5,8-11,16H2,(H2,17,19)(H,18,20). The van der Waals surface area contributed by atoms with Gasteiger partial charge in [-0.25, -0.2) is 0 Å². The van der Waals surface area contributed by atoms with Gasteiger partial charge in [0.05, 0.1) is 18.7 Å². The minimum Gasteiger partial charge on any atom is -0.491 e. The summed E-state index contributed by atoms with van der Waals surface area (Å²) in [5, 5.41) is 2.81. The van der Waals surface area contributed by atoms with Gasteiger partial charge in [0.25, 0.3) is 0 Å². The molecule has 0 bridgehead atoms. The van der Waals surface area contributed by atoms with E-state index in [1.165, 1.54) is 0 Å². The second-order valence-electron chi connectivity index (χ2n) is 4.71. The first-order valence-corrected chi connectivity index (χ1v) is 7.13. The highest BCUT2D eigenvalue weighted by Crippen LogP contribution is 2.24. The molecule has 21 heavy (non-hydrogen) atoms. The second-order valence-corrected chi connectivity index (χ2v) is 4.71. The summed E-state index contributed by atoms with van der Waals surface area (Å²) in [5.41, 5.74) is 11.1. The lowest BCUT2D eigenvalue weighted by Crippen LogP contribution is -2.16. The Bertz CT molecular complexity index is 463. The van der Waals surface area contributed by atoms with Gasteiger partial charge in [0.1, 0.15) is 5.75 Å². The van der Waals surface area contributed by atoms with Gasteiger partial charge < -0.3 is 21.5 Å². The van der Waals surface area contributed by atoms with Crippen molar-refractivity contribution in [1.29, 1.82) is 0 Å². The number of carbonyl (C=O) groups excluding carboxylic acids is 2. The fourth-order valence-corrected chi connectivity index (χ4v) is 1.78. The lowest BCUT2D eigenvalue weighted by Gasteiger charge is -2.12. The van der Waals surface area contributed by atoms with Gasteiger partial charge in [0, 0.05) is 6.42 Å². The van der Waals surface area contributed by atoms with Gasteiger partial charge in [0.15, 0.2) is 0 Å². The number of nitrogens with two attached hydrogens (primary N) is 2. The number of carbonyl (C=O) groups is 2. The largest absolute Gasteiger partial charge is 0.491 e. The Balaban J connectivity index is 2.46. The van der Waals surface area contributed by atoms with Gasteiger partial charge in [0.2, 0.25) is 11.8 Å². The van der Waals surface area contributed by atoms with Crippen LogP contribution < -0.4 is 21.5 Å². The molecule has 0 radical (unpaired) electrons. The molecule has 0 spiro atoms. The Morgan fingerprint density at radius 1 is 1.10 bits per heavy atom. The highest BCUT2D eigenvalue weighted by molar-refractivity contribution is 5.92. The molecule has 2 amide bonds. The molecule has 0 fully saturated rings. The van der Waals surface area contributed by atoms with Gasteiger partial charge >= 0.3 is 0 Å². The van der Waals surface area contributed by atoms with Crippen LogP contribution in [-0.2, 0) is 9.59 Å². The number of hydrogen-bond donors (Lipinski definition) is 3. The molecule has 0 saturated heterocycles. The number of primary amides is 1. The fraction of sp³-hybridized carbons (Fsp3) is 0.467. The molecule has 5 N–H and O–H groups in total. The van der Waals surface area contributed by atoms with Crippen LogP contribution in [0.25, 0.3) is 0 Å². The van der Waals surface area contributed by atoms with Crippen molar-refractivity contribution in [3.05, 3.63) is 24.3 Å². The SMILES string of the molecule is NCCCCCC(=O)Nc1ccccc1OCCC(N)=O. The van der Waals surface area contributed by atoms with Crippen LogP contribution in [0, 0.1) is 0 Å². The lowest BCUT2D eigenvalue weighted by molar-refractivity contribution is -0.118. The topological polar surface area (TPSA) is 107 Å². The molecule has 0 aliphatic heterocycles. The summed E-state index contributed by atoms with van der Waals surface area (Å²) in [5.74, 6) is 0.0588. The van der Waals surface area contributed by atoms with Gasteiger partial charge in [-0.1, -0.05) is 18.6 Å². The van der Waals surface area contributed by atoms with Gasteiger partial charge in [-0.2, -0.15) is 0 Å². The average molecular weight is 293 g/mol. The monoisotopic (exact) mass is 293 g/mol. The maximum atomic E-state index is 11.8. The molecule has 0 saturated carbocycles. The molecule has 0 aliphatic carbocycles. The Kier molecular flexibility index (Phi) is 7.89. The molecular formula is C15H23N3O3. The van der Waals surface area contributed by atoms with Crippen molar-refractivity contribution in [2.45, 2.75) is 32.1 Å². The predicted molar refractivity (Wildman–Crippen MR) is 81.9 cm³/mol. The first kappa shape index (κ1) is 17.0. The Morgan fingerprint density at radius 2 is 1.86 bits per heavy atom. The number of benzene rings is 1. The summed E-state index contributed by atoms with van der Waals surface area (Å²) >= 11 is 0. The first-order chi connectivity index (χ1) is 10.1. The number of amides is 2. The summed E-state index contributed by atoms with van der Waals surface area (Å²) in [6.45, 7) is 0.844. The van der Waals surface area contributed by atoms with Gasteiger partial charge in [-0.15, -0.1) is 0 Å². The summed E-state index contributed by atoms with van der Waals surface area (Å²) in [6.07, 6.45) is 3.28. The Labute approximate surface area is 124 Å². The zero-order valence-corrected chi connectivity index (χ0v) is 12.1. The van der Waals surface area contributed by atoms with Crippen LogP contribution in [0.5, 0.6) is 5.75 Å². The van der Waals surface area contributed by atoms with Crippen LogP contribution in [0.2, 0.25) is 0 Å². The number of unbranched alkanes of at least 4 members (excludes halogenated alkanes) is 2. The number of nitrogens with one attached hydrogen (secondary N) is 1. The van der Waals surface area contributed by atoms with E-state index >= 15 is 0 Å². The highest BCUT2D eigenvalue weighted by Gasteiger charge is 2.07. The van der Waals surface area contributed by atoms with E-state index in [1.54, 1.807) is 18.2 Å². The van der Waals surface area contributed by atoms with Crippen molar-refractivity contribution in [3.63, 3.8) is 0 Å². The summed E-state index contributed by atoms with van der Waals surface area (Å²) < 4.78 is 5.46. The van der Waals surface area contributed by atoms with E-state index < -0.39 is 5.91 Å². The van der Waals surface area contributed by atoms with Gasteiger partial charge in [-0.05, 0) is 31.5 Å². The molecule has 1 aromatic carbocycles. The quantitative estimate of drug-likeness (QED) is 0.567. The predicted octanol–water partition coefficient (Wildman–Crippen LogP) is 1.40. The number of para-hydroxylation sites is 2. The molecule has 0 aromatic heterocycles.